The van der Waals surface area contributed by atoms with Crippen molar-refractivity contribution in [1.29, 1.82) is 5.26 Å². The van der Waals surface area contributed by atoms with Gasteiger partial charge in [0.25, 0.3) is 5.91 Å². The molecule has 0 aromatic heterocycles. The Hall–Kier alpha value is -3.23. The molecule has 1 amide bonds. The number of carbonyl (C=O) groups is 1. The van der Waals surface area contributed by atoms with Crippen molar-refractivity contribution in [1.82, 2.24) is 0 Å². The molecule has 5 heteroatoms. The summed E-state index contributed by atoms with van der Waals surface area (Å²) in [5.74, 6) is -0.343. The molecule has 0 radical (unpaired) electrons. The number of para-hydroxylation sites is 1. The van der Waals surface area contributed by atoms with Crippen molar-refractivity contribution in [3.8, 4) is 6.07 Å². The van der Waals surface area contributed by atoms with E-state index >= 15 is 0 Å². The van der Waals surface area contributed by atoms with Gasteiger partial charge in [0.1, 0.15) is 6.07 Å². The van der Waals surface area contributed by atoms with Gasteiger partial charge in [-0.25, -0.2) is 4.21 Å². The molecule has 122 valence electrons. The summed E-state index contributed by atoms with van der Waals surface area (Å²) in [7, 11) is -1.63. The molecule has 0 bridgehead atoms. The van der Waals surface area contributed by atoms with Gasteiger partial charge in [-0.15, -0.1) is 0 Å². The van der Waals surface area contributed by atoms with E-state index in [0.717, 1.165) is 0 Å². The number of nitrogens with one attached hydrogen (secondary N) is 1. The lowest BCUT2D eigenvalue weighted by atomic mass is 10.2. The maximum absolute atomic E-state index is 13.0. The molecule has 3 rings (SSSR count). The fourth-order valence-corrected chi connectivity index (χ4v) is 3.69. The Bertz CT molecular complexity index is 978. The van der Waals surface area contributed by atoms with Gasteiger partial charge in [0.15, 0.2) is 0 Å². The van der Waals surface area contributed by atoms with Crippen LogP contribution in [0.1, 0.15) is 15.9 Å². The lowest BCUT2D eigenvalue weighted by Crippen LogP contribution is -2.15. The Morgan fingerprint density at radius 2 is 1.44 bits per heavy atom. The molecule has 0 unspecified atom stereocenters. The van der Waals surface area contributed by atoms with Gasteiger partial charge in [-0.3, -0.25) is 4.79 Å². The second-order valence-electron chi connectivity index (χ2n) is 5.19. The first-order chi connectivity index (χ1) is 12.2. The van der Waals surface area contributed by atoms with E-state index in [1.807, 2.05) is 24.3 Å². The van der Waals surface area contributed by atoms with Crippen LogP contribution in [0.2, 0.25) is 0 Å². The number of carbonyl (C=O) groups excluding carboxylic acids is 1. The topological polar surface area (TPSA) is 70.0 Å². The highest BCUT2D eigenvalue weighted by atomic mass is 32.2. The zero-order valence-electron chi connectivity index (χ0n) is 13.2. The zero-order valence-corrected chi connectivity index (χ0v) is 14.0. The first-order valence-corrected chi connectivity index (χ1v) is 8.72. The minimum Gasteiger partial charge on any atom is -0.322 e. The van der Waals surface area contributed by atoms with E-state index in [2.05, 4.69) is 5.32 Å². The van der Waals surface area contributed by atoms with E-state index < -0.39 is 10.8 Å². The number of nitriles is 1. The highest BCUT2D eigenvalue weighted by Gasteiger charge is 2.19. The number of amides is 1. The van der Waals surface area contributed by atoms with Crippen LogP contribution < -0.4 is 5.32 Å². The van der Waals surface area contributed by atoms with Gasteiger partial charge in [0.05, 0.1) is 31.7 Å². The lowest BCUT2D eigenvalue weighted by Gasteiger charge is -2.11. The molecule has 0 spiro atoms. The molecule has 25 heavy (non-hydrogen) atoms. The van der Waals surface area contributed by atoms with Crippen molar-refractivity contribution < 1.29 is 9.00 Å². The maximum Gasteiger partial charge on any atom is 0.256 e. The van der Waals surface area contributed by atoms with E-state index in [4.69, 9.17) is 0 Å². The number of hydrogen-bond donors (Lipinski definition) is 1. The highest BCUT2D eigenvalue weighted by molar-refractivity contribution is 7.85. The van der Waals surface area contributed by atoms with Gasteiger partial charge in [-0.05, 0) is 36.4 Å². The molecule has 0 heterocycles. The average molecular weight is 346 g/mol. The third-order valence-corrected chi connectivity index (χ3v) is 5.08. The molecule has 4 nitrogen and oxygen atoms in total. The third kappa shape index (κ3) is 3.65. The normalized spacial score (nSPS) is 11.3. The molecule has 1 atom stereocenters. The van der Waals surface area contributed by atoms with Crippen LogP contribution >= 0.6 is 0 Å². The molecule has 0 aliphatic heterocycles. The Labute approximate surface area is 148 Å². The van der Waals surface area contributed by atoms with Crippen LogP contribution in [0.4, 0.5) is 5.69 Å². The van der Waals surface area contributed by atoms with Crippen molar-refractivity contribution in [3.05, 3.63) is 90.0 Å². The summed E-state index contributed by atoms with van der Waals surface area (Å²) >= 11 is 0. The minimum atomic E-state index is -1.63. The predicted octanol–water partition coefficient (Wildman–Crippen LogP) is 3.98. The van der Waals surface area contributed by atoms with E-state index in [0.29, 0.717) is 26.6 Å². The van der Waals surface area contributed by atoms with Crippen molar-refractivity contribution >= 4 is 22.4 Å². The average Bonchev–Trinajstić information content (AvgIpc) is 2.68. The van der Waals surface area contributed by atoms with Gasteiger partial charge in [0.2, 0.25) is 0 Å². The molecule has 3 aromatic carbocycles. The third-order valence-electron chi connectivity index (χ3n) is 3.57. The molecular formula is C20H14N2O2S. The Balaban J connectivity index is 1.97. The van der Waals surface area contributed by atoms with Crippen LogP contribution in [-0.4, -0.2) is 10.1 Å². The summed E-state index contributed by atoms with van der Waals surface area (Å²) in [5.41, 5.74) is 1.31. The van der Waals surface area contributed by atoms with E-state index in [9.17, 15) is 14.3 Å². The molecule has 0 aliphatic rings. The van der Waals surface area contributed by atoms with Crippen LogP contribution in [0.5, 0.6) is 0 Å². The summed E-state index contributed by atoms with van der Waals surface area (Å²) < 4.78 is 13.0. The molecule has 0 aliphatic carbocycles. The van der Waals surface area contributed by atoms with Crippen molar-refractivity contribution in [2.24, 2.45) is 0 Å². The molecule has 0 saturated carbocycles. The fraction of sp³-hybridized carbons (Fsp3) is 0. The molecule has 0 fully saturated rings. The van der Waals surface area contributed by atoms with Gasteiger partial charge >= 0.3 is 0 Å². The maximum atomic E-state index is 13.0. The molecule has 1 N–H and O–H groups in total. The highest BCUT2D eigenvalue weighted by Crippen LogP contribution is 2.23. The first kappa shape index (κ1) is 16.6. The number of nitrogens with zero attached hydrogens (tertiary/aromatic N) is 1. The van der Waals surface area contributed by atoms with Crippen LogP contribution in [0.15, 0.2) is 88.7 Å². The SMILES string of the molecule is N#Cc1ccccc1[S@](=O)c1ccccc1C(=O)Nc1ccccc1. The quantitative estimate of drug-likeness (QED) is 0.777. The van der Waals surface area contributed by atoms with Crippen molar-refractivity contribution in [3.63, 3.8) is 0 Å². The van der Waals surface area contributed by atoms with Crippen molar-refractivity contribution in [2.45, 2.75) is 9.79 Å². The minimum absolute atomic E-state index is 0.317. The van der Waals surface area contributed by atoms with Crippen LogP contribution in [-0.2, 0) is 10.8 Å². The summed E-state index contributed by atoms with van der Waals surface area (Å²) in [4.78, 5) is 13.4. The van der Waals surface area contributed by atoms with Crippen LogP contribution in [0.3, 0.4) is 0 Å². The predicted molar refractivity (Wildman–Crippen MR) is 96.7 cm³/mol. The van der Waals surface area contributed by atoms with Crippen LogP contribution in [0, 0.1) is 11.3 Å². The number of anilines is 1. The lowest BCUT2D eigenvalue weighted by molar-refractivity contribution is 0.102. The van der Waals surface area contributed by atoms with Gasteiger partial charge in [-0.2, -0.15) is 5.26 Å². The van der Waals surface area contributed by atoms with Crippen LogP contribution in [0.25, 0.3) is 0 Å². The van der Waals surface area contributed by atoms with Gasteiger partial charge in [-0.1, -0.05) is 42.5 Å². The van der Waals surface area contributed by atoms with Gasteiger partial charge in [0, 0.05) is 5.69 Å². The Morgan fingerprint density at radius 3 is 2.16 bits per heavy atom. The first-order valence-electron chi connectivity index (χ1n) is 7.57. The van der Waals surface area contributed by atoms with E-state index in [-0.39, 0.29) is 5.91 Å². The molecule has 3 aromatic rings. The zero-order chi connectivity index (χ0) is 17.6. The Kier molecular flexibility index (Phi) is 5.03. The molecule has 0 saturated heterocycles. The molecular weight excluding hydrogens is 332 g/mol. The Morgan fingerprint density at radius 1 is 0.840 bits per heavy atom. The number of hydrogen-bond acceptors (Lipinski definition) is 3. The second-order valence-corrected chi connectivity index (χ2v) is 6.61. The second kappa shape index (κ2) is 7.56. The smallest absolute Gasteiger partial charge is 0.256 e. The van der Waals surface area contributed by atoms with E-state index in [1.165, 1.54) is 0 Å². The number of rotatable bonds is 4. The number of benzene rings is 3. The summed E-state index contributed by atoms with van der Waals surface area (Å²) in [6, 6.07) is 24.5. The largest absolute Gasteiger partial charge is 0.322 e. The van der Waals surface area contributed by atoms with Crippen molar-refractivity contribution in [2.75, 3.05) is 5.32 Å². The standard InChI is InChI=1S/C20H14N2O2S/c21-14-15-8-4-6-12-18(15)25(24)19-13-7-5-11-17(19)20(23)22-16-9-2-1-3-10-16/h1-13H,(H,22,23)/t25-/m0/s1. The monoisotopic (exact) mass is 346 g/mol. The van der Waals surface area contributed by atoms with E-state index in [1.54, 1.807) is 60.7 Å². The van der Waals surface area contributed by atoms with Gasteiger partial charge < -0.3 is 5.32 Å². The summed E-state index contributed by atoms with van der Waals surface area (Å²) in [6.07, 6.45) is 0. The summed E-state index contributed by atoms with van der Waals surface area (Å²) in [5, 5.41) is 12.0. The fourth-order valence-electron chi connectivity index (χ4n) is 2.37. The summed E-state index contributed by atoms with van der Waals surface area (Å²) in [6.45, 7) is 0.